The smallest absolute Gasteiger partial charge is 0.194 e. The lowest BCUT2D eigenvalue weighted by Gasteiger charge is -2.08. The predicted octanol–water partition coefficient (Wildman–Crippen LogP) is 5.58. The molecule has 0 radical (unpaired) electrons. The van der Waals surface area contributed by atoms with Crippen LogP contribution in [0, 0.1) is 6.92 Å². The number of thiazole rings is 1. The summed E-state index contributed by atoms with van der Waals surface area (Å²) in [6.45, 7) is 4.88. The fourth-order valence-electron chi connectivity index (χ4n) is 2.80. The van der Waals surface area contributed by atoms with Crippen LogP contribution in [0.5, 0.6) is 0 Å². The zero-order valence-electron chi connectivity index (χ0n) is 14.1. The largest absolute Gasteiger partial charge is 0.301 e. The predicted molar refractivity (Wildman–Crippen MR) is 109 cm³/mol. The van der Waals surface area contributed by atoms with E-state index in [9.17, 15) is 0 Å². The Hall–Kier alpha value is -1.54. The number of hydrogen-bond acceptors (Lipinski definition) is 5. The van der Waals surface area contributed by atoms with Crippen molar-refractivity contribution in [2.24, 2.45) is 0 Å². The molecule has 9 heteroatoms. The Morgan fingerprint density at radius 1 is 1.19 bits per heavy atom. The molecule has 0 saturated carbocycles. The molecule has 0 atom stereocenters. The molecule has 3 aromatic heterocycles. The van der Waals surface area contributed by atoms with Gasteiger partial charge >= 0.3 is 0 Å². The van der Waals surface area contributed by atoms with E-state index >= 15 is 0 Å². The van der Waals surface area contributed by atoms with Gasteiger partial charge in [0.15, 0.2) is 15.9 Å². The standard InChI is InChI=1S/C17H15Cl2N5S2/c1-3-23-15(14-10(2)20-16-24(14)6-7-25-16)21-22-17(23)26-9-11-4-5-12(18)13(19)8-11/h4-8H,3,9H2,1-2H3. The van der Waals surface area contributed by atoms with Crippen LogP contribution in [-0.4, -0.2) is 24.1 Å². The molecular formula is C17H15Cl2N5S2. The summed E-state index contributed by atoms with van der Waals surface area (Å²) in [7, 11) is 0. The third-order valence-corrected chi connectivity index (χ3v) is 6.57. The Morgan fingerprint density at radius 2 is 2.04 bits per heavy atom. The van der Waals surface area contributed by atoms with Gasteiger partial charge < -0.3 is 4.57 Å². The average molecular weight is 424 g/mol. The first-order valence-corrected chi connectivity index (χ1v) is 10.6. The lowest BCUT2D eigenvalue weighted by molar-refractivity contribution is 0.685. The first kappa shape index (κ1) is 17.9. The summed E-state index contributed by atoms with van der Waals surface area (Å²) in [5, 5.41) is 12.9. The van der Waals surface area contributed by atoms with Crippen molar-refractivity contribution < 1.29 is 0 Å². The summed E-state index contributed by atoms with van der Waals surface area (Å²) in [6.07, 6.45) is 2.02. The number of aryl methyl sites for hydroxylation is 1. The number of hydrogen-bond donors (Lipinski definition) is 0. The van der Waals surface area contributed by atoms with Gasteiger partial charge in [-0.25, -0.2) is 4.98 Å². The maximum atomic E-state index is 6.10. The van der Waals surface area contributed by atoms with Crippen LogP contribution in [0.25, 0.3) is 16.5 Å². The number of halogens is 2. The normalized spacial score (nSPS) is 11.5. The van der Waals surface area contributed by atoms with E-state index in [1.54, 1.807) is 23.1 Å². The van der Waals surface area contributed by atoms with Crippen LogP contribution in [-0.2, 0) is 12.3 Å². The fourth-order valence-corrected chi connectivity index (χ4v) is 4.82. The van der Waals surface area contributed by atoms with Crippen LogP contribution in [0.4, 0.5) is 0 Å². The van der Waals surface area contributed by atoms with Crippen molar-refractivity contribution in [3.63, 3.8) is 0 Å². The van der Waals surface area contributed by atoms with E-state index in [2.05, 4.69) is 31.1 Å². The Balaban J connectivity index is 1.65. The maximum absolute atomic E-state index is 6.10. The summed E-state index contributed by atoms with van der Waals surface area (Å²) < 4.78 is 4.19. The fraction of sp³-hybridized carbons (Fsp3) is 0.235. The van der Waals surface area contributed by atoms with Gasteiger partial charge in [-0.2, -0.15) is 0 Å². The molecule has 134 valence electrons. The van der Waals surface area contributed by atoms with Gasteiger partial charge in [0.05, 0.1) is 15.7 Å². The van der Waals surface area contributed by atoms with E-state index in [4.69, 9.17) is 23.2 Å². The number of benzene rings is 1. The maximum Gasteiger partial charge on any atom is 0.194 e. The second kappa shape index (κ2) is 7.23. The highest BCUT2D eigenvalue weighted by Crippen LogP contribution is 2.31. The molecule has 5 nitrogen and oxygen atoms in total. The minimum atomic E-state index is 0.565. The molecule has 0 N–H and O–H groups in total. The van der Waals surface area contributed by atoms with E-state index in [0.29, 0.717) is 10.0 Å². The van der Waals surface area contributed by atoms with E-state index in [1.165, 1.54) is 0 Å². The van der Waals surface area contributed by atoms with Gasteiger partial charge in [0.25, 0.3) is 0 Å². The number of aromatic nitrogens is 5. The van der Waals surface area contributed by atoms with Crippen molar-refractivity contribution in [1.29, 1.82) is 0 Å². The van der Waals surface area contributed by atoms with E-state index < -0.39 is 0 Å². The van der Waals surface area contributed by atoms with Crippen LogP contribution >= 0.6 is 46.3 Å². The van der Waals surface area contributed by atoms with Gasteiger partial charge in [-0.15, -0.1) is 21.5 Å². The SMILES string of the molecule is CCn1c(SCc2ccc(Cl)c(Cl)c2)nnc1-c1c(C)nc2sccn12. The molecular weight excluding hydrogens is 409 g/mol. The number of nitrogens with zero attached hydrogens (tertiary/aromatic N) is 5. The van der Waals surface area contributed by atoms with Gasteiger partial charge in [0, 0.05) is 23.9 Å². The Kier molecular flexibility index (Phi) is 4.96. The van der Waals surface area contributed by atoms with Crippen molar-refractivity contribution in [2.75, 3.05) is 0 Å². The first-order chi connectivity index (χ1) is 12.6. The second-order valence-electron chi connectivity index (χ2n) is 5.69. The van der Waals surface area contributed by atoms with Crippen molar-refractivity contribution in [1.82, 2.24) is 24.1 Å². The highest BCUT2D eigenvalue weighted by molar-refractivity contribution is 7.98. The Labute approximate surface area is 169 Å². The topological polar surface area (TPSA) is 48.0 Å². The molecule has 26 heavy (non-hydrogen) atoms. The molecule has 4 rings (SSSR count). The highest BCUT2D eigenvalue weighted by Gasteiger charge is 2.20. The number of thioether (sulfide) groups is 1. The molecule has 0 fully saturated rings. The third kappa shape index (κ3) is 3.13. The average Bonchev–Trinajstić information content (AvgIpc) is 3.30. The van der Waals surface area contributed by atoms with Crippen molar-refractivity contribution in [2.45, 2.75) is 31.3 Å². The van der Waals surface area contributed by atoms with Gasteiger partial charge in [-0.05, 0) is 31.5 Å². The molecule has 3 heterocycles. The van der Waals surface area contributed by atoms with Gasteiger partial charge in [-0.1, -0.05) is 41.0 Å². The molecule has 4 aromatic rings. The molecule has 0 amide bonds. The van der Waals surface area contributed by atoms with Crippen molar-refractivity contribution in [3.8, 4) is 11.5 Å². The summed E-state index contributed by atoms with van der Waals surface area (Å²) in [6, 6.07) is 5.68. The highest BCUT2D eigenvalue weighted by atomic mass is 35.5. The van der Waals surface area contributed by atoms with Gasteiger partial charge in [0.1, 0.15) is 5.69 Å². The van der Waals surface area contributed by atoms with E-state index in [1.807, 2.05) is 36.7 Å². The molecule has 0 spiro atoms. The molecule has 0 aliphatic heterocycles. The number of imidazole rings is 1. The zero-order chi connectivity index (χ0) is 18.3. The number of fused-ring (bicyclic) bond motifs is 1. The van der Waals surface area contributed by atoms with Crippen molar-refractivity contribution >= 4 is 51.3 Å². The van der Waals surface area contributed by atoms with Crippen molar-refractivity contribution in [3.05, 3.63) is 51.1 Å². The molecule has 0 saturated heterocycles. The Morgan fingerprint density at radius 3 is 2.81 bits per heavy atom. The lowest BCUT2D eigenvalue weighted by atomic mass is 10.2. The van der Waals surface area contributed by atoms with Crippen LogP contribution in [0.3, 0.4) is 0 Å². The number of rotatable bonds is 5. The Bertz CT molecular complexity index is 1080. The molecule has 0 bridgehead atoms. The quantitative estimate of drug-likeness (QED) is 0.393. The monoisotopic (exact) mass is 423 g/mol. The third-order valence-electron chi connectivity index (χ3n) is 4.03. The minimum Gasteiger partial charge on any atom is -0.301 e. The van der Waals surface area contributed by atoms with Gasteiger partial charge in [0.2, 0.25) is 0 Å². The summed E-state index contributed by atoms with van der Waals surface area (Å²) in [4.78, 5) is 5.58. The van der Waals surface area contributed by atoms with Gasteiger partial charge in [-0.3, -0.25) is 4.40 Å². The molecule has 0 aliphatic rings. The zero-order valence-corrected chi connectivity index (χ0v) is 17.3. The van der Waals surface area contributed by atoms with E-state index in [-0.39, 0.29) is 0 Å². The summed E-state index contributed by atoms with van der Waals surface area (Å²) in [5.74, 6) is 1.58. The second-order valence-corrected chi connectivity index (χ2v) is 8.32. The van der Waals surface area contributed by atoms with Crippen LogP contribution < -0.4 is 0 Å². The van der Waals surface area contributed by atoms with Crippen LogP contribution in [0.2, 0.25) is 10.0 Å². The summed E-state index contributed by atoms with van der Waals surface area (Å²) >= 11 is 15.3. The molecule has 0 unspecified atom stereocenters. The molecule has 0 aliphatic carbocycles. The lowest BCUT2D eigenvalue weighted by Crippen LogP contribution is -2.02. The van der Waals surface area contributed by atoms with Crippen LogP contribution in [0.15, 0.2) is 34.9 Å². The first-order valence-electron chi connectivity index (χ1n) is 8.01. The van der Waals surface area contributed by atoms with Crippen LogP contribution in [0.1, 0.15) is 18.2 Å². The molecule has 1 aromatic carbocycles. The summed E-state index contributed by atoms with van der Waals surface area (Å²) in [5.41, 5.74) is 3.05. The minimum absolute atomic E-state index is 0.565. The van der Waals surface area contributed by atoms with E-state index in [0.717, 1.165) is 45.2 Å².